The van der Waals surface area contributed by atoms with Gasteiger partial charge in [-0.25, -0.2) is 4.98 Å². The number of hydrogen-bond acceptors (Lipinski definition) is 6. The Hall–Kier alpha value is -2.78. The Labute approximate surface area is 113 Å². The summed E-state index contributed by atoms with van der Waals surface area (Å²) in [6.45, 7) is 0.443. The maximum Gasteiger partial charge on any atom is 0.389 e. The van der Waals surface area contributed by atoms with Crippen LogP contribution >= 0.6 is 0 Å². The maximum atomic E-state index is 11.6. The molecule has 0 fully saturated rings. The Bertz CT molecular complexity index is 577. The summed E-state index contributed by atoms with van der Waals surface area (Å²) < 4.78 is 1.23. The van der Waals surface area contributed by atoms with Crippen LogP contribution in [0.2, 0.25) is 0 Å². The Kier molecular flexibility index (Phi) is 4.37. The third-order valence-electron chi connectivity index (χ3n) is 2.50. The highest BCUT2D eigenvalue weighted by atomic mass is 16.6. The first-order chi connectivity index (χ1) is 9.65. The summed E-state index contributed by atoms with van der Waals surface area (Å²) in [5.41, 5.74) is 0. The van der Waals surface area contributed by atoms with Crippen LogP contribution in [0.1, 0.15) is 12.2 Å². The minimum atomic E-state index is -0.605. The first-order valence-electron chi connectivity index (χ1n) is 5.94. The van der Waals surface area contributed by atoms with Gasteiger partial charge in [0, 0.05) is 13.0 Å². The Morgan fingerprint density at radius 1 is 1.55 bits per heavy atom. The van der Waals surface area contributed by atoms with Crippen molar-refractivity contribution in [3.63, 3.8) is 0 Å². The molecule has 2 aromatic rings. The molecule has 1 amide bonds. The van der Waals surface area contributed by atoms with Crippen LogP contribution in [-0.4, -0.2) is 42.3 Å². The molecular formula is C10H13N7O3. The van der Waals surface area contributed by atoms with E-state index in [0.29, 0.717) is 13.0 Å². The molecule has 0 radical (unpaired) electrons. The Morgan fingerprint density at radius 2 is 2.40 bits per heavy atom. The summed E-state index contributed by atoms with van der Waals surface area (Å²) in [7, 11) is 0. The third-order valence-corrected chi connectivity index (χ3v) is 2.50. The molecule has 0 aliphatic heterocycles. The Morgan fingerprint density at radius 3 is 3.05 bits per heavy atom. The second-order valence-electron chi connectivity index (χ2n) is 4.01. The van der Waals surface area contributed by atoms with Crippen molar-refractivity contribution in [2.24, 2.45) is 0 Å². The van der Waals surface area contributed by atoms with Crippen LogP contribution in [0.4, 0.5) is 5.82 Å². The second kappa shape index (κ2) is 6.41. The number of aromatic nitrogens is 5. The van der Waals surface area contributed by atoms with E-state index in [9.17, 15) is 14.9 Å². The first kappa shape index (κ1) is 13.6. The fourth-order valence-corrected chi connectivity index (χ4v) is 1.57. The van der Waals surface area contributed by atoms with Crippen LogP contribution in [0.5, 0.6) is 0 Å². The molecule has 0 aromatic carbocycles. The number of hydrogen-bond donors (Lipinski definition) is 2. The van der Waals surface area contributed by atoms with Gasteiger partial charge in [-0.1, -0.05) is 0 Å². The van der Waals surface area contributed by atoms with E-state index in [1.165, 1.54) is 23.3 Å². The smallest absolute Gasteiger partial charge is 0.358 e. The second-order valence-corrected chi connectivity index (χ2v) is 4.01. The monoisotopic (exact) mass is 279 g/mol. The molecule has 0 aliphatic rings. The fraction of sp³-hybridized carbons (Fsp3) is 0.400. The van der Waals surface area contributed by atoms with Crippen LogP contribution in [0.15, 0.2) is 18.6 Å². The predicted molar refractivity (Wildman–Crippen MR) is 66.6 cm³/mol. The quantitative estimate of drug-likeness (QED) is 0.405. The van der Waals surface area contributed by atoms with Crippen LogP contribution in [0, 0.1) is 10.1 Å². The van der Waals surface area contributed by atoms with Crippen LogP contribution in [0.3, 0.4) is 0 Å². The highest BCUT2D eigenvalue weighted by Crippen LogP contribution is 2.04. The molecular weight excluding hydrogens is 266 g/mol. The van der Waals surface area contributed by atoms with Crippen molar-refractivity contribution in [1.29, 1.82) is 0 Å². The zero-order chi connectivity index (χ0) is 14.4. The van der Waals surface area contributed by atoms with E-state index in [2.05, 4.69) is 25.6 Å². The lowest BCUT2D eigenvalue weighted by Gasteiger charge is -2.02. The van der Waals surface area contributed by atoms with Gasteiger partial charge in [-0.3, -0.25) is 9.89 Å². The maximum absolute atomic E-state index is 11.6. The predicted octanol–water partition coefficient (Wildman–Crippen LogP) is -0.342. The number of nitrogens with one attached hydrogen (secondary N) is 2. The van der Waals surface area contributed by atoms with Gasteiger partial charge in [0.25, 0.3) is 0 Å². The molecule has 2 rings (SSSR count). The van der Waals surface area contributed by atoms with Gasteiger partial charge in [-0.15, -0.1) is 0 Å². The van der Waals surface area contributed by atoms with E-state index in [4.69, 9.17) is 0 Å². The minimum Gasteiger partial charge on any atom is -0.358 e. The minimum absolute atomic E-state index is 0.0455. The average Bonchev–Trinajstić information content (AvgIpc) is 3.05. The number of aryl methyl sites for hydroxylation is 1. The molecule has 10 heteroatoms. The number of rotatable bonds is 7. The number of amides is 1. The number of carbonyl (C=O) groups excluding carboxylic acids is 1. The molecule has 0 aliphatic carbocycles. The molecule has 0 spiro atoms. The van der Waals surface area contributed by atoms with Crippen LogP contribution in [0.25, 0.3) is 0 Å². The summed E-state index contributed by atoms with van der Waals surface area (Å²) in [6, 6.07) is 1.25. The van der Waals surface area contributed by atoms with Crippen molar-refractivity contribution in [2.45, 2.75) is 19.4 Å². The van der Waals surface area contributed by atoms with Crippen molar-refractivity contribution in [1.82, 2.24) is 30.3 Å². The summed E-state index contributed by atoms with van der Waals surface area (Å²) >= 11 is 0. The van der Waals surface area contributed by atoms with Gasteiger partial charge in [0.2, 0.25) is 5.91 Å². The summed E-state index contributed by atoms with van der Waals surface area (Å²) in [6.07, 6.45) is 4.23. The molecule has 0 bridgehead atoms. The molecule has 20 heavy (non-hydrogen) atoms. The highest BCUT2D eigenvalue weighted by Gasteiger charge is 2.12. The van der Waals surface area contributed by atoms with Crippen molar-refractivity contribution in [3.8, 4) is 0 Å². The number of nitrogens with zero attached hydrogens (tertiary/aromatic N) is 5. The number of nitro groups is 1. The summed E-state index contributed by atoms with van der Waals surface area (Å²) in [5, 5.41) is 23.2. The summed E-state index contributed by atoms with van der Waals surface area (Å²) in [4.78, 5) is 25.4. The molecule has 106 valence electrons. The van der Waals surface area contributed by atoms with Gasteiger partial charge in [0.05, 0.1) is 17.4 Å². The first-order valence-corrected chi connectivity index (χ1v) is 5.94. The van der Waals surface area contributed by atoms with E-state index in [0.717, 1.165) is 12.2 Å². The number of H-pyrrole nitrogens is 1. The SMILES string of the molecule is O=C(Cn1ccc([N+](=O)[O-])n1)NCCCc1ncn[nH]1. The molecule has 0 saturated carbocycles. The van der Waals surface area contributed by atoms with Gasteiger partial charge >= 0.3 is 5.82 Å². The normalized spacial score (nSPS) is 10.4. The summed E-state index contributed by atoms with van der Waals surface area (Å²) in [5.74, 6) is 0.241. The van der Waals surface area contributed by atoms with E-state index in [-0.39, 0.29) is 18.3 Å². The largest absolute Gasteiger partial charge is 0.389 e. The number of aromatic amines is 1. The van der Waals surface area contributed by atoms with E-state index < -0.39 is 4.92 Å². The molecule has 2 heterocycles. The number of carbonyl (C=O) groups is 1. The topological polar surface area (TPSA) is 132 Å². The third kappa shape index (κ3) is 3.86. The lowest BCUT2D eigenvalue weighted by atomic mass is 10.3. The zero-order valence-electron chi connectivity index (χ0n) is 10.5. The zero-order valence-corrected chi connectivity index (χ0v) is 10.5. The average molecular weight is 279 g/mol. The molecule has 2 aromatic heterocycles. The molecule has 0 saturated heterocycles. The van der Waals surface area contributed by atoms with Gasteiger partial charge < -0.3 is 15.4 Å². The molecule has 2 N–H and O–H groups in total. The standard InChI is InChI=1S/C10H13N7O3/c18-10(6-16-5-3-9(15-16)17(19)20)11-4-1-2-8-12-7-13-14-8/h3,5,7H,1-2,4,6H2,(H,11,18)(H,12,13,14). The van der Waals surface area contributed by atoms with Crippen molar-refractivity contribution >= 4 is 11.7 Å². The van der Waals surface area contributed by atoms with Crippen LogP contribution in [-0.2, 0) is 17.8 Å². The van der Waals surface area contributed by atoms with Crippen molar-refractivity contribution in [3.05, 3.63) is 34.5 Å². The molecule has 10 nitrogen and oxygen atoms in total. The van der Waals surface area contributed by atoms with Crippen molar-refractivity contribution in [2.75, 3.05) is 6.54 Å². The van der Waals surface area contributed by atoms with Gasteiger partial charge in [0.15, 0.2) is 0 Å². The van der Waals surface area contributed by atoms with Gasteiger partial charge in [0.1, 0.15) is 18.7 Å². The highest BCUT2D eigenvalue weighted by molar-refractivity contribution is 5.75. The van der Waals surface area contributed by atoms with E-state index in [1.54, 1.807) is 0 Å². The van der Waals surface area contributed by atoms with E-state index >= 15 is 0 Å². The van der Waals surface area contributed by atoms with Crippen molar-refractivity contribution < 1.29 is 9.72 Å². The fourth-order valence-electron chi connectivity index (χ4n) is 1.57. The molecule has 0 atom stereocenters. The van der Waals surface area contributed by atoms with Gasteiger partial charge in [-0.05, 0) is 11.3 Å². The lowest BCUT2D eigenvalue weighted by Crippen LogP contribution is -2.28. The van der Waals surface area contributed by atoms with E-state index in [1.807, 2.05) is 0 Å². The van der Waals surface area contributed by atoms with Gasteiger partial charge in [-0.2, -0.15) is 9.78 Å². The molecule has 0 unspecified atom stereocenters. The van der Waals surface area contributed by atoms with Crippen LogP contribution < -0.4 is 5.32 Å². The Balaban J connectivity index is 1.68. The lowest BCUT2D eigenvalue weighted by molar-refractivity contribution is -0.389.